The molecule has 9 aromatic rings. The van der Waals surface area contributed by atoms with E-state index in [4.69, 9.17) is 4.98 Å². The third-order valence-electron chi connectivity index (χ3n) is 11.4. The lowest BCUT2D eigenvalue weighted by atomic mass is 9.70. The van der Waals surface area contributed by atoms with E-state index in [-0.39, 0.29) is 5.41 Å². The van der Waals surface area contributed by atoms with Crippen LogP contribution in [0.4, 0.5) is 0 Å². The summed E-state index contributed by atoms with van der Waals surface area (Å²) in [4.78, 5) is 14.2. The highest BCUT2D eigenvalue weighted by atomic mass is 14.8. The minimum absolute atomic E-state index is 0.352. The van der Waals surface area contributed by atoms with Gasteiger partial charge in [0.05, 0.1) is 28.2 Å². The molecule has 2 aliphatic carbocycles. The number of nitrogens with zero attached hydrogens (tertiary/aromatic N) is 3. The van der Waals surface area contributed by atoms with Crippen molar-refractivity contribution in [3.05, 3.63) is 223 Å². The number of pyridine rings is 3. The third kappa shape index (κ3) is 4.87. The lowest BCUT2D eigenvalue weighted by Crippen LogP contribution is -2.25. The molecule has 0 amide bonds. The fourth-order valence-electron chi connectivity index (χ4n) is 9.00. The van der Waals surface area contributed by atoms with Gasteiger partial charge in [-0.25, -0.2) is 4.98 Å². The van der Waals surface area contributed by atoms with E-state index < -0.39 is 0 Å². The van der Waals surface area contributed by atoms with Gasteiger partial charge in [0.15, 0.2) is 0 Å². The van der Waals surface area contributed by atoms with Crippen molar-refractivity contribution in [3.8, 4) is 78.4 Å². The summed E-state index contributed by atoms with van der Waals surface area (Å²) in [6.45, 7) is 0. The van der Waals surface area contributed by atoms with Crippen molar-refractivity contribution >= 4 is 0 Å². The molecule has 0 saturated carbocycles. The van der Waals surface area contributed by atoms with E-state index in [0.717, 1.165) is 39.5 Å². The minimum atomic E-state index is -0.352. The van der Waals surface area contributed by atoms with Crippen molar-refractivity contribution in [1.29, 1.82) is 0 Å². The molecule has 3 heteroatoms. The van der Waals surface area contributed by atoms with Crippen molar-refractivity contribution in [2.75, 3.05) is 0 Å². The zero-order valence-corrected chi connectivity index (χ0v) is 29.9. The molecule has 1 spiro atoms. The molecule has 0 atom stereocenters. The molecule has 0 fully saturated rings. The van der Waals surface area contributed by atoms with Crippen LogP contribution in [0.2, 0.25) is 0 Å². The Labute approximate surface area is 320 Å². The Morgan fingerprint density at radius 2 is 0.709 bits per heavy atom. The number of hydrogen-bond acceptors (Lipinski definition) is 3. The Morgan fingerprint density at radius 3 is 1.22 bits per heavy atom. The number of hydrogen-bond donors (Lipinski definition) is 0. The van der Waals surface area contributed by atoms with Gasteiger partial charge in [0.25, 0.3) is 0 Å². The first-order chi connectivity index (χ1) is 27.3. The maximum Gasteiger partial charge on any atom is 0.0900 e. The van der Waals surface area contributed by atoms with E-state index in [1.54, 1.807) is 12.4 Å². The zero-order valence-electron chi connectivity index (χ0n) is 29.9. The smallest absolute Gasteiger partial charge is 0.0900 e. The predicted octanol–water partition coefficient (Wildman–Crippen LogP) is 12.6. The maximum atomic E-state index is 4.97. The molecule has 0 radical (unpaired) electrons. The normalized spacial score (nSPS) is 12.9. The van der Waals surface area contributed by atoms with Crippen molar-refractivity contribution in [3.63, 3.8) is 0 Å². The van der Waals surface area contributed by atoms with Gasteiger partial charge in [0.2, 0.25) is 0 Å². The predicted molar refractivity (Wildman–Crippen MR) is 223 cm³/mol. The van der Waals surface area contributed by atoms with Gasteiger partial charge in [-0.05, 0) is 126 Å². The summed E-state index contributed by atoms with van der Waals surface area (Å²) in [7, 11) is 0. The Hall–Kier alpha value is -7.23. The van der Waals surface area contributed by atoms with E-state index in [2.05, 4.69) is 162 Å². The van der Waals surface area contributed by atoms with Gasteiger partial charge in [-0.3, -0.25) is 9.97 Å². The van der Waals surface area contributed by atoms with Crippen molar-refractivity contribution < 1.29 is 0 Å². The first kappa shape index (κ1) is 31.3. The Balaban J connectivity index is 0.982. The van der Waals surface area contributed by atoms with Gasteiger partial charge in [-0.15, -0.1) is 0 Å². The monoisotopic (exact) mass is 699 g/mol. The summed E-state index contributed by atoms with van der Waals surface area (Å²) >= 11 is 0. The van der Waals surface area contributed by atoms with E-state index in [1.165, 1.54) is 61.2 Å². The van der Waals surface area contributed by atoms with Crippen LogP contribution in [0.3, 0.4) is 0 Å². The van der Waals surface area contributed by atoms with Gasteiger partial charge in [-0.2, -0.15) is 0 Å². The molecule has 3 nitrogen and oxygen atoms in total. The molecule has 256 valence electrons. The number of benzene rings is 6. The highest BCUT2D eigenvalue weighted by Crippen LogP contribution is 2.63. The molecule has 0 bridgehead atoms. The van der Waals surface area contributed by atoms with E-state index in [9.17, 15) is 0 Å². The topological polar surface area (TPSA) is 38.7 Å². The standard InChI is InChI=1S/C52H33N3/c1-4-17-44-40(14-1)41-15-2-5-18-45(41)52(44)46-19-6-3-16-42(46)43-27-26-38(31-47(43)52)35-24-22-34(23-25-35)36-12-11-13-37(30-36)39-32-50(48-20-7-9-28-53-48)55-51(33-39)49-21-8-10-29-54-49/h1-33H. The second kappa shape index (κ2) is 12.4. The average Bonchev–Trinajstić information content (AvgIpc) is 3.74. The quantitative estimate of drug-likeness (QED) is 0.179. The molecule has 0 N–H and O–H groups in total. The van der Waals surface area contributed by atoms with Gasteiger partial charge in [0, 0.05) is 12.4 Å². The van der Waals surface area contributed by atoms with Crippen LogP contribution >= 0.6 is 0 Å². The van der Waals surface area contributed by atoms with Crippen LogP contribution in [0, 0.1) is 0 Å². The number of rotatable bonds is 5. The van der Waals surface area contributed by atoms with Crippen LogP contribution in [0.5, 0.6) is 0 Å². The highest BCUT2D eigenvalue weighted by Gasteiger charge is 2.51. The summed E-state index contributed by atoms with van der Waals surface area (Å²) in [6.07, 6.45) is 3.61. The van der Waals surface area contributed by atoms with Crippen LogP contribution in [-0.4, -0.2) is 15.0 Å². The summed E-state index contributed by atoms with van der Waals surface area (Å²) < 4.78 is 0. The molecule has 0 saturated heterocycles. The van der Waals surface area contributed by atoms with Crippen molar-refractivity contribution in [1.82, 2.24) is 15.0 Å². The lowest BCUT2D eigenvalue weighted by molar-refractivity contribution is 0.794. The van der Waals surface area contributed by atoms with Crippen LogP contribution in [-0.2, 0) is 5.41 Å². The van der Waals surface area contributed by atoms with Crippen LogP contribution < -0.4 is 0 Å². The molecule has 0 unspecified atom stereocenters. The second-order valence-electron chi connectivity index (χ2n) is 14.4. The lowest BCUT2D eigenvalue weighted by Gasteiger charge is -2.30. The summed E-state index contributed by atoms with van der Waals surface area (Å²) in [6, 6.07) is 67.9. The second-order valence-corrected chi connectivity index (χ2v) is 14.4. The highest BCUT2D eigenvalue weighted by molar-refractivity contribution is 5.96. The molecule has 2 aliphatic rings. The number of aromatic nitrogens is 3. The summed E-state index contributed by atoms with van der Waals surface area (Å²) in [5.74, 6) is 0. The van der Waals surface area contributed by atoms with Crippen molar-refractivity contribution in [2.45, 2.75) is 5.41 Å². The molecular formula is C52H33N3. The van der Waals surface area contributed by atoms with Gasteiger partial charge in [-0.1, -0.05) is 140 Å². The van der Waals surface area contributed by atoms with Crippen LogP contribution in [0.1, 0.15) is 22.3 Å². The molecule has 55 heavy (non-hydrogen) atoms. The first-order valence-corrected chi connectivity index (χ1v) is 18.8. The maximum absolute atomic E-state index is 4.97. The largest absolute Gasteiger partial charge is 0.255 e. The molecule has 11 rings (SSSR count). The molecule has 3 heterocycles. The Kier molecular flexibility index (Phi) is 7.08. The van der Waals surface area contributed by atoms with E-state index >= 15 is 0 Å². The van der Waals surface area contributed by atoms with Crippen LogP contribution in [0.15, 0.2) is 200 Å². The third-order valence-corrected chi connectivity index (χ3v) is 11.4. The summed E-state index contributed by atoms with van der Waals surface area (Å²) in [5, 5.41) is 0. The van der Waals surface area contributed by atoms with E-state index in [1.807, 2.05) is 36.4 Å². The Bertz CT molecular complexity index is 2790. The van der Waals surface area contributed by atoms with Gasteiger partial charge in [0.1, 0.15) is 0 Å². The SMILES string of the molecule is c1ccc(-c2cc(-c3cccc(-c4ccc(-c5ccc6c(c5)C5(c7ccccc7-c7ccccc75)c5ccccc5-6)cc4)c3)cc(-c3ccccn3)n2)nc1. The Morgan fingerprint density at radius 1 is 0.273 bits per heavy atom. The number of fused-ring (bicyclic) bond motifs is 10. The molecule has 6 aromatic carbocycles. The fourth-order valence-corrected chi connectivity index (χ4v) is 9.00. The molecular weight excluding hydrogens is 667 g/mol. The van der Waals surface area contributed by atoms with Gasteiger partial charge >= 0.3 is 0 Å². The minimum Gasteiger partial charge on any atom is -0.255 e. The van der Waals surface area contributed by atoms with Gasteiger partial charge < -0.3 is 0 Å². The molecule has 0 aliphatic heterocycles. The summed E-state index contributed by atoms with van der Waals surface area (Å²) in [5.41, 5.74) is 20.6. The van der Waals surface area contributed by atoms with Crippen molar-refractivity contribution in [2.24, 2.45) is 0 Å². The van der Waals surface area contributed by atoms with E-state index in [0.29, 0.717) is 0 Å². The zero-order chi connectivity index (χ0) is 36.3. The average molecular weight is 700 g/mol. The van der Waals surface area contributed by atoms with Crippen LogP contribution in [0.25, 0.3) is 78.4 Å². The first-order valence-electron chi connectivity index (χ1n) is 18.8. The fraction of sp³-hybridized carbons (Fsp3) is 0.0192. The molecule has 3 aromatic heterocycles.